The summed E-state index contributed by atoms with van der Waals surface area (Å²) in [5.74, 6) is -1.06. The fourth-order valence-electron chi connectivity index (χ4n) is 2.28. The van der Waals surface area contributed by atoms with Crippen molar-refractivity contribution in [3.05, 3.63) is 70.5 Å². The molecule has 0 aliphatic heterocycles. The van der Waals surface area contributed by atoms with Crippen molar-refractivity contribution in [2.24, 2.45) is 0 Å². The number of aromatic carboxylic acids is 1. The summed E-state index contributed by atoms with van der Waals surface area (Å²) in [5.41, 5.74) is 1.09. The van der Waals surface area contributed by atoms with Crippen LogP contribution in [0.15, 0.2) is 53.7 Å². The zero-order valence-electron chi connectivity index (χ0n) is 13.3. The molecule has 0 amide bonds. The summed E-state index contributed by atoms with van der Waals surface area (Å²) in [6, 6.07) is 8.36. The van der Waals surface area contributed by atoms with Gasteiger partial charge in [0, 0.05) is 18.6 Å². The second kappa shape index (κ2) is 6.91. The molecule has 0 aliphatic rings. The highest BCUT2D eigenvalue weighted by molar-refractivity contribution is 5.87. The number of aromatic nitrogens is 4. The molecule has 126 valence electrons. The molecule has 8 nitrogen and oxygen atoms in total. The predicted molar refractivity (Wildman–Crippen MR) is 88.6 cm³/mol. The van der Waals surface area contributed by atoms with Crippen LogP contribution < -0.4 is 10.3 Å². The first kappa shape index (κ1) is 16.3. The lowest BCUT2D eigenvalue weighted by molar-refractivity contribution is 0.0696. The second-order valence-corrected chi connectivity index (χ2v) is 5.11. The van der Waals surface area contributed by atoms with Crippen molar-refractivity contribution in [3.8, 4) is 17.3 Å². The van der Waals surface area contributed by atoms with Crippen molar-refractivity contribution in [1.82, 2.24) is 19.5 Å². The quantitative estimate of drug-likeness (QED) is 0.750. The smallest absolute Gasteiger partial charge is 0.337 e. The van der Waals surface area contributed by atoms with Crippen molar-refractivity contribution < 1.29 is 14.6 Å². The Balaban J connectivity index is 2.02. The Morgan fingerprint density at radius 2 is 2.00 bits per heavy atom. The minimum absolute atomic E-state index is 0.0726. The van der Waals surface area contributed by atoms with E-state index in [0.717, 1.165) is 0 Å². The van der Waals surface area contributed by atoms with Gasteiger partial charge in [-0.1, -0.05) is 6.07 Å². The van der Waals surface area contributed by atoms with Gasteiger partial charge in [-0.3, -0.25) is 19.3 Å². The van der Waals surface area contributed by atoms with E-state index in [4.69, 9.17) is 9.84 Å². The number of carbonyl (C=O) groups is 1. The molecule has 0 aromatic carbocycles. The largest absolute Gasteiger partial charge is 0.478 e. The summed E-state index contributed by atoms with van der Waals surface area (Å²) in [4.78, 5) is 36.1. The Labute approximate surface area is 142 Å². The number of ether oxygens (including phenoxy) is 1. The Morgan fingerprint density at radius 3 is 2.60 bits per heavy atom. The van der Waals surface area contributed by atoms with Gasteiger partial charge in [0.05, 0.1) is 36.2 Å². The summed E-state index contributed by atoms with van der Waals surface area (Å²) in [6.45, 7) is 0.0928. The highest BCUT2D eigenvalue weighted by Gasteiger charge is 2.14. The molecule has 0 unspecified atom stereocenters. The molecule has 8 heteroatoms. The summed E-state index contributed by atoms with van der Waals surface area (Å²) in [7, 11) is 1.42. The standard InChI is InChI=1S/C17H14N4O4/c1-25-17-20-9-13(14-4-2-3-7-18-14)15(22)21(17)10-12-6-5-11(8-19-12)16(23)24/h2-9H,10H2,1H3,(H,23,24). The van der Waals surface area contributed by atoms with Crippen LogP contribution in [-0.4, -0.2) is 37.7 Å². The molecule has 3 aromatic rings. The van der Waals surface area contributed by atoms with Crippen LogP contribution in [0.25, 0.3) is 11.3 Å². The molecule has 3 aromatic heterocycles. The number of carboxylic acids is 1. The topological polar surface area (TPSA) is 107 Å². The highest BCUT2D eigenvalue weighted by Crippen LogP contribution is 2.14. The monoisotopic (exact) mass is 338 g/mol. The van der Waals surface area contributed by atoms with Gasteiger partial charge in [-0.15, -0.1) is 0 Å². The number of pyridine rings is 2. The summed E-state index contributed by atoms with van der Waals surface area (Å²) in [5, 5.41) is 8.92. The molecule has 0 saturated carbocycles. The number of hydrogen-bond donors (Lipinski definition) is 1. The molecule has 0 bridgehead atoms. The van der Waals surface area contributed by atoms with Gasteiger partial charge in [-0.05, 0) is 24.3 Å². The SMILES string of the molecule is COc1ncc(-c2ccccn2)c(=O)n1Cc1ccc(C(=O)O)cn1. The van der Waals surface area contributed by atoms with Crippen LogP contribution in [0.1, 0.15) is 16.1 Å². The van der Waals surface area contributed by atoms with Crippen molar-refractivity contribution in [3.63, 3.8) is 0 Å². The van der Waals surface area contributed by atoms with Gasteiger partial charge in [0.2, 0.25) is 0 Å². The first-order valence-electron chi connectivity index (χ1n) is 7.33. The zero-order chi connectivity index (χ0) is 17.8. The molecule has 3 rings (SSSR count). The Kier molecular flexibility index (Phi) is 4.51. The van der Waals surface area contributed by atoms with Crippen LogP contribution in [0.5, 0.6) is 6.01 Å². The molecule has 0 saturated heterocycles. The van der Waals surface area contributed by atoms with Crippen molar-refractivity contribution >= 4 is 5.97 Å². The Morgan fingerprint density at radius 1 is 1.16 bits per heavy atom. The number of methoxy groups -OCH3 is 1. The average molecular weight is 338 g/mol. The van der Waals surface area contributed by atoms with Gasteiger partial charge >= 0.3 is 5.97 Å². The van der Waals surface area contributed by atoms with Crippen molar-refractivity contribution in [2.75, 3.05) is 7.11 Å². The van der Waals surface area contributed by atoms with Crippen LogP contribution in [-0.2, 0) is 6.54 Å². The van der Waals surface area contributed by atoms with Gasteiger partial charge in [-0.2, -0.15) is 0 Å². The van der Waals surface area contributed by atoms with Crippen LogP contribution in [0.3, 0.4) is 0 Å². The summed E-state index contributed by atoms with van der Waals surface area (Å²) in [6.07, 6.45) is 4.25. The van der Waals surface area contributed by atoms with E-state index in [2.05, 4.69) is 15.0 Å². The van der Waals surface area contributed by atoms with E-state index in [1.54, 1.807) is 30.5 Å². The molecule has 0 radical (unpaired) electrons. The van der Waals surface area contributed by atoms with E-state index in [1.807, 2.05) is 0 Å². The molecule has 0 spiro atoms. The van der Waals surface area contributed by atoms with Gasteiger partial charge in [0.1, 0.15) is 0 Å². The fraction of sp³-hybridized carbons (Fsp3) is 0.118. The molecular weight excluding hydrogens is 324 g/mol. The van der Waals surface area contributed by atoms with E-state index >= 15 is 0 Å². The lowest BCUT2D eigenvalue weighted by Gasteiger charge is -2.11. The maximum atomic E-state index is 12.8. The van der Waals surface area contributed by atoms with Gasteiger partial charge in [0.25, 0.3) is 11.6 Å². The van der Waals surface area contributed by atoms with Crippen LogP contribution in [0.4, 0.5) is 0 Å². The van der Waals surface area contributed by atoms with E-state index in [9.17, 15) is 9.59 Å². The van der Waals surface area contributed by atoms with Crippen molar-refractivity contribution in [1.29, 1.82) is 0 Å². The zero-order valence-corrected chi connectivity index (χ0v) is 13.3. The third-order valence-electron chi connectivity index (χ3n) is 3.53. The van der Waals surface area contributed by atoms with Crippen LogP contribution >= 0.6 is 0 Å². The molecule has 1 N–H and O–H groups in total. The third kappa shape index (κ3) is 3.37. The maximum absolute atomic E-state index is 12.8. The lowest BCUT2D eigenvalue weighted by atomic mass is 10.2. The van der Waals surface area contributed by atoms with E-state index in [1.165, 1.54) is 30.1 Å². The molecule has 25 heavy (non-hydrogen) atoms. The first-order chi connectivity index (χ1) is 12.1. The van der Waals surface area contributed by atoms with E-state index < -0.39 is 5.97 Å². The van der Waals surface area contributed by atoms with Crippen LogP contribution in [0.2, 0.25) is 0 Å². The Hall–Kier alpha value is -3.55. The molecule has 3 heterocycles. The molecule has 0 aliphatic carbocycles. The van der Waals surface area contributed by atoms with E-state index in [-0.39, 0.29) is 23.7 Å². The average Bonchev–Trinajstić information content (AvgIpc) is 2.64. The number of nitrogens with zero attached hydrogens (tertiary/aromatic N) is 4. The lowest BCUT2D eigenvalue weighted by Crippen LogP contribution is -2.25. The fourth-order valence-corrected chi connectivity index (χ4v) is 2.28. The molecule has 0 atom stereocenters. The molecule has 0 fully saturated rings. The Bertz CT molecular complexity index is 953. The normalized spacial score (nSPS) is 10.4. The molecular formula is C17H14N4O4. The number of carboxylic acid groups (broad SMARTS) is 1. The minimum Gasteiger partial charge on any atom is -0.478 e. The maximum Gasteiger partial charge on any atom is 0.337 e. The second-order valence-electron chi connectivity index (χ2n) is 5.11. The highest BCUT2D eigenvalue weighted by atomic mass is 16.5. The minimum atomic E-state index is -1.06. The summed E-state index contributed by atoms with van der Waals surface area (Å²) < 4.78 is 6.49. The summed E-state index contributed by atoms with van der Waals surface area (Å²) >= 11 is 0. The third-order valence-corrected chi connectivity index (χ3v) is 3.53. The van der Waals surface area contributed by atoms with Gasteiger partial charge in [-0.25, -0.2) is 9.78 Å². The number of hydrogen-bond acceptors (Lipinski definition) is 6. The van der Waals surface area contributed by atoms with E-state index in [0.29, 0.717) is 17.0 Å². The number of rotatable bonds is 5. The van der Waals surface area contributed by atoms with Crippen LogP contribution in [0, 0.1) is 0 Å². The van der Waals surface area contributed by atoms with Gasteiger partial charge in [0.15, 0.2) is 0 Å². The predicted octanol–water partition coefficient (Wildman–Crippen LogP) is 1.46. The van der Waals surface area contributed by atoms with Crippen molar-refractivity contribution in [2.45, 2.75) is 6.54 Å². The van der Waals surface area contributed by atoms with Gasteiger partial charge < -0.3 is 9.84 Å². The first-order valence-corrected chi connectivity index (χ1v) is 7.33.